The van der Waals surface area contributed by atoms with Gasteiger partial charge in [0.1, 0.15) is 6.54 Å². The number of likely N-dealkylation sites (N-methyl/N-ethyl adjacent to an activating group) is 2. The highest BCUT2D eigenvalue weighted by molar-refractivity contribution is 9.09. The number of nitrogens with zero attached hydrogens (tertiary/aromatic N) is 4. The third kappa shape index (κ3) is 95.7. The molecule has 0 heterocycles. The van der Waals surface area contributed by atoms with Crippen molar-refractivity contribution in [3.63, 3.8) is 0 Å². The lowest BCUT2D eigenvalue weighted by atomic mass is 10.1. The number of hydrogen-bond acceptors (Lipinski definition) is 13. The van der Waals surface area contributed by atoms with Crippen LogP contribution in [0, 0.1) is 0 Å². The monoisotopic (exact) mass is 1740 g/mol. The average molecular weight is 1740 g/mol. The van der Waals surface area contributed by atoms with Crippen LogP contribution in [0.4, 0.5) is 0 Å². The number of aliphatic hydroxyl groups is 2. The highest BCUT2D eigenvalue weighted by Gasteiger charge is 2.24. The predicted molar refractivity (Wildman–Crippen MR) is 482 cm³/mol. The van der Waals surface area contributed by atoms with E-state index in [-0.39, 0.29) is 85.6 Å². The zero-order valence-corrected chi connectivity index (χ0v) is 78.6. The van der Waals surface area contributed by atoms with E-state index in [1.165, 1.54) is 231 Å². The van der Waals surface area contributed by atoms with E-state index in [0.717, 1.165) is 103 Å². The molecule has 0 spiro atoms. The molecule has 0 aromatic heterocycles. The number of aliphatic hydroxyl groups excluding tert-OH is 2. The van der Waals surface area contributed by atoms with Crippen LogP contribution < -0.4 is 17.0 Å². The lowest BCUT2D eigenvalue weighted by molar-refractivity contribution is -0.883. The van der Waals surface area contributed by atoms with E-state index in [1.54, 1.807) is 9.80 Å². The Kier molecular flexibility index (Phi) is 99.2. The van der Waals surface area contributed by atoms with Crippen molar-refractivity contribution in [2.75, 3.05) is 119 Å². The first kappa shape index (κ1) is 117. The largest absolute Gasteiger partial charge is 1.00 e. The highest BCUT2D eigenvalue weighted by atomic mass is 79.9. The number of allylic oxidation sites excluding steroid dienone is 8. The van der Waals surface area contributed by atoms with Gasteiger partial charge in [0.2, 0.25) is 5.91 Å². The molecule has 0 aromatic carbocycles. The minimum Gasteiger partial charge on any atom is -1.00 e. The maximum Gasteiger partial charge on any atom is 0.305 e. The van der Waals surface area contributed by atoms with Crippen LogP contribution in [0.15, 0.2) is 48.6 Å². The zero-order valence-electron chi connectivity index (χ0n) is 75.5. The first-order chi connectivity index (χ1) is 55.1. The van der Waals surface area contributed by atoms with Gasteiger partial charge >= 0.3 is 23.9 Å². The first-order valence-corrected chi connectivity index (χ1v) is 48.2. The summed E-state index contributed by atoms with van der Waals surface area (Å²) in [5, 5.41) is 17.9. The zero-order chi connectivity index (χ0) is 83.5. The molecule has 0 saturated carbocycles. The van der Waals surface area contributed by atoms with Crippen LogP contribution in [0.25, 0.3) is 0 Å². The highest BCUT2D eigenvalue weighted by Crippen LogP contribution is 2.17. The summed E-state index contributed by atoms with van der Waals surface area (Å²) in [6.07, 6.45) is 86.8. The van der Waals surface area contributed by atoms with Crippen LogP contribution in [0.5, 0.6) is 0 Å². The Labute approximate surface area is 721 Å². The Bertz CT molecular complexity index is 2080. The fourth-order valence-corrected chi connectivity index (χ4v) is 13.3. The normalized spacial score (nSPS) is 11.5. The van der Waals surface area contributed by atoms with Gasteiger partial charge in [-0.3, -0.25) is 28.8 Å². The van der Waals surface area contributed by atoms with Crippen LogP contribution in [-0.2, 0) is 47.7 Å². The van der Waals surface area contributed by atoms with Crippen molar-refractivity contribution >= 4 is 51.6 Å². The molecule has 0 aliphatic rings. The topological polar surface area (TPSA) is 190 Å². The van der Waals surface area contributed by atoms with Gasteiger partial charge in [-0.25, -0.2) is 0 Å². The fourth-order valence-electron chi connectivity index (χ4n) is 13.3. The quantitative estimate of drug-likeness (QED) is 0.0146. The summed E-state index contributed by atoms with van der Waals surface area (Å²) in [4.78, 5) is 80.6. The molecule has 2 amide bonds. The van der Waals surface area contributed by atoms with Crippen molar-refractivity contribution in [3.05, 3.63) is 48.6 Å². The van der Waals surface area contributed by atoms with Crippen molar-refractivity contribution < 1.29 is 79.4 Å². The number of carbonyl (C=O) groups excluding carboxylic acids is 6. The molecule has 0 rings (SSSR count). The number of alkyl halides is 1. The third-order valence-corrected chi connectivity index (χ3v) is 20.8. The second kappa shape index (κ2) is 96.7. The Morgan fingerprint density at radius 1 is 0.307 bits per heavy atom. The van der Waals surface area contributed by atoms with Gasteiger partial charge in [0.05, 0.1) is 60.3 Å². The Hall–Kier alpha value is -3.42. The number of carbonyl (C=O) groups is 6. The molecule has 0 radical (unpaired) electrons. The van der Waals surface area contributed by atoms with Gasteiger partial charge in [-0.05, 0) is 168 Å². The van der Waals surface area contributed by atoms with E-state index in [9.17, 15) is 33.9 Å². The standard InChI is InChI=1S/C48H91N2O6.C46H86N2O5.C2H5BrO.BrH/c1-5-7-9-11-13-15-17-19-21-23-25-27-29-31-33-37-47(53)55-43-35-39-49(46(52)45-50(3,4)41-42-51)40-36-44-56-48(54)38-34-32-30-28-26-24-22-20-18-16-14-12-10-8-6-2;1-5-7-9-11-13-15-17-19-21-23-25-27-29-31-33-37-45(50)52-41-35-39-48(44(49)43-47(3)4)40-36-42-53-46(51)38-34-32-30-28-26-24-22-20-18-16-14-12-10-8-6-2;3-1-2-4;/h19-22,51H,5-18,23-45H2,1-4H3;19-22H,5-18,23-43H2,1-4H3;4H,1-2H2;1H/q+1;;;/p-1/b2*21-19-,22-20-;;. The molecule has 0 aromatic rings. The number of ether oxygens (including phenoxy) is 4. The van der Waals surface area contributed by atoms with Crippen molar-refractivity contribution in [3.8, 4) is 0 Å². The minimum absolute atomic E-state index is 0. The molecule has 0 saturated heterocycles. The Morgan fingerprint density at radius 2 is 0.509 bits per heavy atom. The van der Waals surface area contributed by atoms with Crippen LogP contribution in [-0.4, -0.2) is 184 Å². The number of quaternary nitrogens is 1. The maximum absolute atomic E-state index is 13.2. The number of hydrogen-bond donors (Lipinski definition) is 2. The second-order valence-corrected chi connectivity index (χ2v) is 33.4. The van der Waals surface area contributed by atoms with E-state index in [0.29, 0.717) is 114 Å². The molecule has 2 N–H and O–H groups in total. The van der Waals surface area contributed by atoms with Gasteiger partial charge in [0, 0.05) is 57.2 Å². The molecular weight excluding hydrogens is 1560 g/mol. The smallest absolute Gasteiger partial charge is 0.305 e. The molecule has 672 valence electrons. The van der Waals surface area contributed by atoms with E-state index in [2.05, 4.69) is 92.2 Å². The number of rotatable bonds is 83. The first-order valence-electron chi connectivity index (χ1n) is 47.1. The molecular formula is C96H182Br2N4O12. The summed E-state index contributed by atoms with van der Waals surface area (Å²) < 4.78 is 22.3. The van der Waals surface area contributed by atoms with Gasteiger partial charge in [-0.1, -0.05) is 298 Å². The Balaban J connectivity index is -0.00000101. The molecule has 16 nitrogen and oxygen atoms in total. The van der Waals surface area contributed by atoms with Crippen LogP contribution in [0.1, 0.15) is 413 Å². The van der Waals surface area contributed by atoms with Gasteiger partial charge in [0.25, 0.3) is 5.91 Å². The molecule has 0 aliphatic heterocycles. The minimum atomic E-state index is -0.167. The van der Waals surface area contributed by atoms with Crippen molar-refractivity contribution in [1.29, 1.82) is 0 Å². The third-order valence-electron chi connectivity index (χ3n) is 20.4. The van der Waals surface area contributed by atoms with E-state index in [1.807, 2.05) is 33.1 Å². The van der Waals surface area contributed by atoms with Crippen LogP contribution in [0.3, 0.4) is 0 Å². The molecule has 0 atom stereocenters. The van der Waals surface area contributed by atoms with E-state index in [4.69, 9.17) is 24.1 Å². The Morgan fingerprint density at radius 3 is 0.711 bits per heavy atom. The SMILES string of the molecule is CCCCCCCC/C=C\CCCCCCCC(=O)OCCCN(CCCOC(=O)CCCCCCC/C=C\CCCCCCCC)C(=O)CN(C)C.CCCCCCCC/C=C\CCCCCCCC(=O)OCCCN(CCCOC(=O)CCCCCCC/C=C\CCCCCCCC)C(=O)C[N+](C)(C)CCO.OCCBr.[Br-]. The van der Waals surface area contributed by atoms with E-state index < -0.39 is 0 Å². The molecule has 0 fully saturated rings. The van der Waals surface area contributed by atoms with Crippen LogP contribution in [0.2, 0.25) is 0 Å². The molecule has 0 aliphatic carbocycles. The lowest BCUT2D eigenvalue weighted by Crippen LogP contribution is -3.00. The summed E-state index contributed by atoms with van der Waals surface area (Å²) in [6.45, 7) is 13.6. The van der Waals surface area contributed by atoms with Gasteiger partial charge in [-0.2, -0.15) is 0 Å². The maximum atomic E-state index is 13.2. The fraction of sp³-hybridized carbons (Fsp3) is 0.854. The molecule has 0 bridgehead atoms. The predicted octanol–water partition coefficient (Wildman–Crippen LogP) is 21.5. The van der Waals surface area contributed by atoms with Gasteiger partial charge in [-0.15, -0.1) is 0 Å². The summed E-state index contributed by atoms with van der Waals surface area (Å²) >= 11 is 3.00. The number of unbranched alkanes of at least 4 members (excludes halogenated alkanes) is 44. The molecule has 114 heavy (non-hydrogen) atoms. The summed E-state index contributed by atoms with van der Waals surface area (Å²) in [6, 6.07) is 0. The van der Waals surface area contributed by atoms with Crippen molar-refractivity contribution in [2.45, 2.75) is 413 Å². The lowest BCUT2D eigenvalue weighted by Gasteiger charge is -2.31. The summed E-state index contributed by atoms with van der Waals surface area (Å²) in [7, 11) is 7.62. The van der Waals surface area contributed by atoms with E-state index >= 15 is 0 Å². The van der Waals surface area contributed by atoms with Crippen molar-refractivity contribution in [1.82, 2.24) is 14.7 Å². The van der Waals surface area contributed by atoms with Crippen LogP contribution >= 0.6 is 15.9 Å². The second-order valence-electron chi connectivity index (χ2n) is 32.6. The average Bonchev–Trinajstić information content (AvgIpc) is 0.892. The molecule has 18 heteroatoms. The number of esters is 4. The number of amides is 2. The number of halogens is 2. The summed E-state index contributed by atoms with van der Waals surface area (Å²) in [5.74, 6) is -0.602. The van der Waals surface area contributed by atoms with Gasteiger partial charge in [0.15, 0.2) is 6.54 Å². The molecule has 0 unspecified atom stereocenters. The summed E-state index contributed by atoms with van der Waals surface area (Å²) in [5.41, 5.74) is 0. The van der Waals surface area contributed by atoms with Gasteiger partial charge < -0.3 is 65.3 Å². The van der Waals surface area contributed by atoms with Crippen molar-refractivity contribution in [2.24, 2.45) is 0 Å².